The fraction of sp³-hybridized carbons (Fsp3) is 0.458. The number of carbonyl (C=O) groups is 3. The first-order chi connectivity index (χ1) is 15.2. The van der Waals surface area contributed by atoms with E-state index in [2.05, 4.69) is 10.6 Å². The van der Waals surface area contributed by atoms with Gasteiger partial charge in [-0.05, 0) is 57.4 Å². The average molecular weight is 438 g/mol. The number of primary amides is 1. The minimum absolute atomic E-state index is 0.0592. The average Bonchev–Trinajstić information content (AvgIpc) is 3.26. The van der Waals surface area contributed by atoms with Crippen LogP contribution in [0.4, 0.5) is 5.69 Å². The molecule has 1 aromatic heterocycles. The lowest BCUT2D eigenvalue weighted by molar-refractivity contribution is -0.127. The summed E-state index contributed by atoms with van der Waals surface area (Å²) in [5, 5.41) is 6.38. The Labute approximate surface area is 188 Å². The van der Waals surface area contributed by atoms with E-state index in [4.69, 9.17) is 5.73 Å². The van der Waals surface area contributed by atoms with Gasteiger partial charge in [0.1, 0.15) is 0 Å². The molecule has 3 amide bonds. The van der Waals surface area contributed by atoms with Crippen LogP contribution < -0.4 is 16.4 Å². The van der Waals surface area contributed by atoms with E-state index in [0.717, 1.165) is 36.3 Å². The van der Waals surface area contributed by atoms with Gasteiger partial charge in [-0.15, -0.1) is 0 Å². The summed E-state index contributed by atoms with van der Waals surface area (Å²) in [5.41, 5.74) is 9.79. The molecule has 2 aromatic rings. The topological polar surface area (TPSA) is 109 Å². The second kappa shape index (κ2) is 8.33. The molecule has 0 radical (unpaired) electrons. The minimum Gasteiger partial charge on any atom is -0.384 e. The third-order valence-corrected chi connectivity index (χ3v) is 6.22. The van der Waals surface area contributed by atoms with Gasteiger partial charge in [0.05, 0.1) is 11.1 Å². The highest BCUT2D eigenvalue weighted by molar-refractivity contribution is 6.00. The van der Waals surface area contributed by atoms with E-state index >= 15 is 0 Å². The van der Waals surface area contributed by atoms with E-state index in [1.54, 1.807) is 6.07 Å². The summed E-state index contributed by atoms with van der Waals surface area (Å²) in [6.07, 6.45) is 5.01. The van der Waals surface area contributed by atoms with Crippen molar-refractivity contribution in [3.8, 4) is 5.69 Å². The number of likely N-dealkylation sites (tertiary alicyclic amines) is 1. The molecule has 170 valence electrons. The van der Waals surface area contributed by atoms with Crippen molar-refractivity contribution in [1.82, 2.24) is 14.8 Å². The predicted molar refractivity (Wildman–Crippen MR) is 123 cm³/mol. The van der Waals surface area contributed by atoms with E-state index in [1.165, 1.54) is 0 Å². The molecule has 4 N–H and O–H groups in total. The second-order valence-electron chi connectivity index (χ2n) is 9.38. The Kier molecular flexibility index (Phi) is 5.71. The van der Waals surface area contributed by atoms with Crippen LogP contribution in [0.15, 0.2) is 24.4 Å². The lowest BCUT2D eigenvalue weighted by Crippen LogP contribution is -2.49. The van der Waals surface area contributed by atoms with Gasteiger partial charge in [0, 0.05) is 61.3 Å². The normalized spacial score (nSPS) is 17.3. The molecule has 1 saturated heterocycles. The molecule has 8 nitrogen and oxygen atoms in total. The van der Waals surface area contributed by atoms with Crippen molar-refractivity contribution in [2.45, 2.75) is 52.0 Å². The van der Waals surface area contributed by atoms with Crippen molar-refractivity contribution in [2.75, 3.05) is 25.0 Å². The number of carbonyl (C=O) groups excluding carboxylic acids is 3. The van der Waals surface area contributed by atoms with Gasteiger partial charge in [0.15, 0.2) is 0 Å². The van der Waals surface area contributed by atoms with Gasteiger partial charge < -0.3 is 25.8 Å². The zero-order chi connectivity index (χ0) is 23.0. The summed E-state index contributed by atoms with van der Waals surface area (Å²) in [6.45, 7) is 8.09. The van der Waals surface area contributed by atoms with Crippen LogP contribution in [0.1, 0.15) is 65.1 Å². The van der Waals surface area contributed by atoms with Gasteiger partial charge in [-0.1, -0.05) is 0 Å². The fourth-order valence-corrected chi connectivity index (χ4v) is 4.71. The Morgan fingerprint density at radius 1 is 1.28 bits per heavy atom. The number of hydrogen-bond donors (Lipinski definition) is 3. The Balaban J connectivity index is 1.58. The highest BCUT2D eigenvalue weighted by atomic mass is 16.2. The third kappa shape index (κ3) is 4.22. The third-order valence-electron chi connectivity index (χ3n) is 6.22. The van der Waals surface area contributed by atoms with Gasteiger partial charge >= 0.3 is 0 Å². The number of nitrogens with one attached hydrogen (secondary N) is 2. The number of nitrogens with two attached hydrogens (primary N) is 1. The highest BCUT2D eigenvalue weighted by Gasteiger charge is 2.34. The van der Waals surface area contributed by atoms with Crippen LogP contribution in [-0.2, 0) is 11.2 Å². The van der Waals surface area contributed by atoms with E-state index < -0.39 is 5.91 Å². The number of aromatic nitrogens is 1. The molecule has 0 saturated carbocycles. The van der Waals surface area contributed by atoms with Crippen LogP contribution in [0.25, 0.3) is 5.69 Å². The number of aryl methyl sites for hydroxylation is 1. The van der Waals surface area contributed by atoms with Gasteiger partial charge in [-0.25, -0.2) is 0 Å². The van der Waals surface area contributed by atoms with Crippen molar-refractivity contribution in [3.63, 3.8) is 0 Å². The van der Waals surface area contributed by atoms with Crippen molar-refractivity contribution in [3.05, 3.63) is 46.8 Å². The number of anilines is 1. The summed E-state index contributed by atoms with van der Waals surface area (Å²) in [6, 6.07) is 5.48. The van der Waals surface area contributed by atoms with Gasteiger partial charge in [0.2, 0.25) is 5.91 Å². The quantitative estimate of drug-likeness (QED) is 0.578. The second-order valence-corrected chi connectivity index (χ2v) is 9.38. The molecule has 3 heterocycles. The first kappa shape index (κ1) is 21.9. The molecule has 8 heteroatoms. The predicted octanol–water partition coefficient (Wildman–Crippen LogP) is 2.37. The maximum Gasteiger partial charge on any atom is 0.253 e. The molecule has 0 unspecified atom stereocenters. The van der Waals surface area contributed by atoms with Crippen LogP contribution in [0.3, 0.4) is 0 Å². The number of amides is 3. The Morgan fingerprint density at radius 2 is 2.06 bits per heavy atom. The SMILES string of the molecule is Cc1cn(-c2ccc(C(N)=O)c(NCCCN3CCCC3=O)c2)c2c1C(=O)NC(C)(C)C2. The number of benzene rings is 1. The van der Waals surface area contributed by atoms with E-state index in [9.17, 15) is 14.4 Å². The van der Waals surface area contributed by atoms with Crippen molar-refractivity contribution in [2.24, 2.45) is 5.73 Å². The van der Waals surface area contributed by atoms with E-state index in [-0.39, 0.29) is 17.4 Å². The van der Waals surface area contributed by atoms with E-state index in [1.807, 2.05) is 48.6 Å². The van der Waals surface area contributed by atoms with Crippen LogP contribution in [0, 0.1) is 6.92 Å². The fourth-order valence-electron chi connectivity index (χ4n) is 4.71. The summed E-state index contributed by atoms with van der Waals surface area (Å²) >= 11 is 0. The molecule has 2 aliphatic rings. The molecule has 0 spiro atoms. The van der Waals surface area contributed by atoms with Crippen molar-refractivity contribution in [1.29, 1.82) is 0 Å². The van der Waals surface area contributed by atoms with Crippen LogP contribution in [0.2, 0.25) is 0 Å². The molecule has 2 aliphatic heterocycles. The smallest absolute Gasteiger partial charge is 0.253 e. The molecule has 4 rings (SSSR count). The molecular weight excluding hydrogens is 406 g/mol. The van der Waals surface area contributed by atoms with Crippen LogP contribution >= 0.6 is 0 Å². The molecule has 0 bridgehead atoms. The van der Waals surface area contributed by atoms with Crippen molar-refractivity contribution < 1.29 is 14.4 Å². The van der Waals surface area contributed by atoms with Crippen molar-refractivity contribution >= 4 is 23.4 Å². The number of fused-ring (bicyclic) bond motifs is 1. The molecule has 32 heavy (non-hydrogen) atoms. The number of hydrogen-bond acceptors (Lipinski definition) is 4. The van der Waals surface area contributed by atoms with Crippen LogP contribution in [-0.4, -0.2) is 52.4 Å². The first-order valence-electron chi connectivity index (χ1n) is 11.2. The molecule has 0 atom stereocenters. The van der Waals surface area contributed by atoms with Gasteiger partial charge in [-0.2, -0.15) is 0 Å². The van der Waals surface area contributed by atoms with Crippen LogP contribution in [0.5, 0.6) is 0 Å². The Hall–Kier alpha value is -3.29. The lowest BCUT2D eigenvalue weighted by atomic mass is 9.90. The molecule has 0 aliphatic carbocycles. The maximum atomic E-state index is 12.7. The Bertz CT molecular complexity index is 1090. The highest BCUT2D eigenvalue weighted by Crippen LogP contribution is 2.31. The number of nitrogens with zero attached hydrogens (tertiary/aromatic N) is 2. The first-order valence-corrected chi connectivity index (χ1v) is 11.2. The lowest BCUT2D eigenvalue weighted by Gasteiger charge is -2.32. The molecular formula is C24H31N5O3. The van der Waals surface area contributed by atoms with Gasteiger partial charge in [-0.3, -0.25) is 14.4 Å². The standard InChI is InChI=1S/C24H31N5O3/c1-15-14-29(19-13-24(2,3)27-23(32)21(15)19)16-7-8-17(22(25)31)18(12-16)26-9-5-11-28-10-4-6-20(28)30/h7-8,12,14,26H,4-6,9-11,13H2,1-3H3,(H2,25,31)(H,27,32). The molecule has 1 fully saturated rings. The summed E-state index contributed by atoms with van der Waals surface area (Å²) in [5.74, 6) is -0.347. The minimum atomic E-state index is -0.500. The molecule has 1 aromatic carbocycles. The zero-order valence-electron chi connectivity index (χ0n) is 19.0. The zero-order valence-corrected chi connectivity index (χ0v) is 19.0. The maximum absolute atomic E-state index is 12.7. The van der Waals surface area contributed by atoms with E-state index in [0.29, 0.717) is 42.7 Å². The van der Waals surface area contributed by atoms with Gasteiger partial charge in [0.25, 0.3) is 11.8 Å². The number of rotatable bonds is 7. The summed E-state index contributed by atoms with van der Waals surface area (Å²) < 4.78 is 2.03. The summed E-state index contributed by atoms with van der Waals surface area (Å²) in [7, 11) is 0. The monoisotopic (exact) mass is 437 g/mol. The largest absolute Gasteiger partial charge is 0.384 e. The summed E-state index contributed by atoms with van der Waals surface area (Å²) in [4.78, 5) is 38.3. The Morgan fingerprint density at radius 3 is 2.75 bits per heavy atom.